The Labute approximate surface area is 194 Å². The lowest BCUT2D eigenvalue weighted by atomic mass is 9.97. The Morgan fingerprint density at radius 1 is 1.27 bits per heavy atom. The van der Waals surface area contributed by atoms with Crippen LogP contribution in [0, 0.1) is 5.92 Å². The molecule has 3 rings (SSSR count). The average Bonchev–Trinajstić information content (AvgIpc) is 2.73. The van der Waals surface area contributed by atoms with Gasteiger partial charge in [0.1, 0.15) is 12.4 Å². The van der Waals surface area contributed by atoms with Gasteiger partial charge in [0.15, 0.2) is 0 Å². The quantitative estimate of drug-likeness (QED) is 0.493. The standard InChI is InChI=1S/C26H33N3O4/c1-8-17-12-20-19-9-10-27-14-21(19)24(30)28(7)22(20)13-23(17)33-15-18(11-16(2)3)29(25(31)32)26(4,5)6/h8-10,12-14,16,18H,1,11,15H2,2-7H3,(H,31,32). The van der Waals surface area contributed by atoms with Crippen LogP contribution in [-0.4, -0.2) is 43.8 Å². The molecule has 2 aromatic heterocycles. The van der Waals surface area contributed by atoms with Gasteiger partial charge >= 0.3 is 6.09 Å². The molecule has 0 bridgehead atoms. The molecule has 0 aliphatic rings. The van der Waals surface area contributed by atoms with Gasteiger partial charge in [0.25, 0.3) is 5.56 Å². The summed E-state index contributed by atoms with van der Waals surface area (Å²) >= 11 is 0. The summed E-state index contributed by atoms with van der Waals surface area (Å²) in [6, 6.07) is 5.29. The minimum absolute atomic E-state index is 0.134. The Bertz CT molecular complexity index is 1250. The van der Waals surface area contributed by atoms with Crippen molar-refractivity contribution in [2.75, 3.05) is 6.61 Å². The van der Waals surface area contributed by atoms with Crippen molar-refractivity contribution in [1.29, 1.82) is 0 Å². The molecule has 0 aliphatic heterocycles. The van der Waals surface area contributed by atoms with E-state index in [-0.39, 0.29) is 18.2 Å². The summed E-state index contributed by atoms with van der Waals surface area (Å²) in [6.45, 7) is 13.9. The fourth-order valence-corrected chi connectivity index (χ4v) is 4.42. The number of carbonyl (C=O) groups is 1. The summed E-state index contributed by atoms with van der Waals surface area (Å²) < 4.78 is 7.82. The molecule has 1 atom stereocenters. The van der Waals surface area contributed by atoms with Crippen molar-refractivity contribution in [2.45, 2.75) is 52.6 Å². The third-order valence-electron chi connectivity index (χ3n) is 5.82. The zero-order valence-electron chi connectivity index (χ0n) is 20.3. The molecule has 7 heteroatoms. The molecule has 3 aromatic rings. The molecule has 0 radical (unpaired) electrons. The van der Waals surface area contributed by atoms with E-state index in [1.807, 2.05) is 39.0 Å². The van der Waals surface area contributed by atoms with E-state index in [9.17, 15) is 14.7 Å². The molecule has 0 fully saturated rings. The monoisotopic (exact) mass is 451 g/mol. The van der Waals surface area contributed by atoms with Gasteiger partial charge in [-0.25, -0.2) is 4.79 Å². The number of hydrogen-bond acceptors (Lipinski definition) is 4. The van der Waals surface area contributed by atoms with Crippen molar-refractivity contribution < 1.29 is 14.6 Å². The first-order chi connectivity index (χ1) is 15.5. The third-order valence-corrected chi connectivity index (χ3v) is 5.82. The highest BCUT2D eigenvalue weighted by atomic mass is 16.5. The number of pyridine rings is 2. The number of nitrogens with zero attached hydrogens (tertiary/aromatic N) is 3. The van der Waals surface area contributed by atoms with E-state index in [1.54, 1.807) is 30.1 Å². The molecule has 1 amide bonds. The zero-order chi connectivity index (χ0) is 24.5. The lowest BCUT2D eigenvalue weighted by Gasteiger charge is -2.40. The lowest BCUT2D eigenvalue weighted by Crippen LogP contribution is -2.53. The Morgan fingerprint density at radius 2 is 1.97 bits per heavy atom. The van der Waals surface area contributed by atoms with Crippen molar-refractivity contribution >= 4 is 33.8 Å². The second-order valence-corrected chi connectivity index (χ2v) is 9.81. The highest BCUT2D eigenvalue weighted by molar-refractivity contribution is 6.06. The fraction of sp³-hybridized carbons (Fsp3) is 0.423. The number of ether oxygens (including phenoxy) is 1. The summed E-state index contributed by atoms with van der Waals surface area (Å²) in [4.78, 5) is 30.5. The van der Waals surface area contributed by atoms with E-state index < -0.39 is 11.6 Å². The van der Waals surface area contributed by atoms with Gasteiger partial charge < -0.3 is 14.4 Å². The van der Waals surface area contributed by atoms with Crippen LogP contribution in [0.4, 0.5) is 4.79 Å². The average molecular weight is 452 g/mol. The molecule has 1 unspecified atom stereocenters. The number of aryl methyl sites for hydroxylation is 1. The second kappa shape index (κ2) is 9.25. The first-order valence-electron chi connectivity index (χ1n) is 11.1. The Hall–Kier alpha value is -3.35. The normalized spacial score (nSPS) is 12.8. The van der Waals surface area contributed by atoms with Crippen LogP contribution in [0.15, 0.2) is 42.0 Å². The van der Waals surface area contributed by atoms with Crippen molar-refractivity contribution in [2.24, 2.45) is 13.0 Å². The smallest absolute Gasteiger partial charge is 0.408 e. The number of aromatic nitrogens is 2. The minimum atomic E-state index is -0.971. The maximum absolute atomic E-state index is 12.9. The number of hydrogen-bond donors (Lipinski definition) is 1. The van der Waals surface area contributed by atoms with Crippen LogP contribution in [0.2, 0.25) is 0 Å². The molecular weight excluding hydrogens is 418 g/mol. The molecule has 1 N–H and O–H groups in total. The maximum atomic E-state index is 12.9. The van der Waals surface area contributed by atoms with Crippen LogP contribution < -0.4 is 10.3 Å². The number of fused-ring (bicyclic) bond motifs is 3. The van der Waals surface area contributed by atoms with E-state index in [1.165, 1.54) is 4.90 Å². The molecule has 33 heavy (non-hydrogen) atoms. The molecular formula is C26H33N3O4. The van der Waals surface area contributed by atoms with Gasteiger partial charge in [-0.2, -0.15) is 0 Å². The van der Waals surface area contributed by atoms with E-state index >= 15 is 0 Å². The predicted octanol–water partition coefficient (Wildman–Crippen LogP) is 5.30. The van der Waals surface area contributed by atoms with Gasteiger partial charge in [-0.15, -0.1) is 0 Å². The van der Waals surface area contributed by atoms with E-state index in [2.05, 4.69) is 25.4 Å². The Morgan fingerprint density at radius 3 is 2.55 bits per heavy atom. The number of carboxylic acid groups (broad SMARTS) is 1. The summed E-state index contributed by atoms with van der Waals surface area (Å²) in [5, 5.41) is 12.2. The highest BCUT2D eigenvalue weighted by Gasteiger charge is 2.34. The van der Waals surface area contributed by atoms with Crippen LogP contribution in [-0.2, 0) is 7.05 Å². The van der Waals surface area contributed by atoms with Crippen LogP contribution in [0.1, 0.15) is 46.6 Å². The van der Waals surface area contributed by atoms with Gasteiger partial charge in [-0.05, 0) is 50.6 Å². The summed E-state index contributed by atoms with van der Waals surface area (Å²) in [7, 11) is 1.72. The molecule has 0 saturated carbocycles. The third kappa shape index (κ3) is 4.87. The van der Waals surface area contributed by atoms with Gasteiger partial charge in [0.05, 0.1) is 16.9 Å². The Kier molecular flexibility index (Phi) is 6.81. The first-order valence-corrected chi connectivity index (χ1v) is 11.1. The van der Waals surface area contributed by atoms with Gasteiger partial charge in [0, 0.05) is 42.0 Å². The maximum Gasteiger partial charge on any atom is 0.408 e. The highest BCUT2D eigenvalue weighted by Crippen LogP contribution is 2.31. The van der Waals surface area contributed by atoms with Crippen molar-refractivity contribution in [3.8, 4) is 5.75 Å². The van der Waals surface area contributed by atoms with Crippen molar-refractivity contribution in [3.63, 3.8) is 0 Å². The lowest BCUT2D eigenvalue weighted by molar-refractivity contribution is 0.0434. The summed E-state index contributed by atoms with van der Waals surface area (Å²) in [6.07, 6.45) is 4.66. The SMILES string of the molecule is C=Cc1cc2c3ccncc3c(=O)n(C)c2cc1OCC(CC(C)C)N(C(=O)O)C(C)(C)C. The van der Waals surface area contributed by atoms with Crippen LogP contribution in [0.5, 0.6) is 5.75 Å². The molecule has 0 saturated heterocycles. The van der Waals surface area contributed by atoms with E-state index in [0.29, 0.717) is 23.5 Å². The summed E-state index contributed by atoms with van der Waals surface area (Å²) in [5.74, 6) is 0.855. The first kappa shape index (κ1) is 24.3. The number of rotatable bonds is 7. The molecule has 176 valence electrons. The molecule has 7 nitrogen and oxygen atoms in total. The minimum Gasteiger partial charge on any atom is -0.491 e. The predicted molar refractivity (Wildman–Crippen MR) is 133 cm³/mol. The molecule has 2 heterocycles. The largest absolute Gasteiger partial charge is 0.491 e. The number of amides is 1. The van der Waals surface area contributed by atoms with Crippen molar-refractivity contribution in [1.82, 2.24) is 14.5 Å². The molecule has 0 aliphatic carbocycles. The second-order valence-electron chi connectivity index (χ2n) is 9.81. The van der Waals surface area contributed by atoms with Gasteiger partial charge in [-0.1, -0.05) is 26.5 Å². The van der Waals surface area contributed by atoms with Gasteiger partial charge in [0.2, 0.25) is 0 Å². The number of benzene rings is 1. The molecule has 0 spiro atoms. The van der Waals surface area contributed by atoms with Crippen LogP contribution >= 0.6 is 0 Å². The van der Waals surface area contributed by atoms with Crippen LogP contribution in [0.3, 0.4) is 0 Å². The van der Waals surface area contributed by atoms with E-state index in [0.717, 1.165) is 21.9 Å². The van der Waals surface area contributed by atoms with Crippen molar-refractivity contribution in [3.05, 3.63) is 53.1 Å². The topological polar surface area (TPSA) is 84.7 Å². The Balaban J connectivity index is 2.08. The van der Waals surface area contributed by atoms with Crippen LogP contribution in [0.25, 0.3) is 27.8 Å². The van der Waals surface area contributed by atoms with Gasteiger partial charge in [-0.3, -0.25) is 14.7 Å². The zero-order valence-corrected chi connectivity index (χ0v) is 20.3. The molecule has 1 aromatic carbocycles. The fourth-order valence-electron chi connectivity index (χ4n) is 4.42. The van der Waals surface area contributed by atoms with E-state index in [4.69, 9.17) is 4.74 Å². The summed E-state index contributed by atoms with van der Waals surface area (Å²) in [5.41, 5.74) is 0.798.